The van der Waals surface area contributed by atoms with Crippen molar-refractivity contribution < 1.29 is 4.79 Å². The Balaban J connectivity index is 1.82. The maximum Gasteiger partial charge on any atom is 0.196 e. The predicted octanol–water partition coefficient (Wildman–Crippen LogP) is 4.63. The van der Waals surface area contributed by atoms with Crippen LogP contribution in [0.25, 0.3) is 5.65 Å². The summed E-state index contributed by atoms with van der Waals surface area (Å²) >= 11 is 13.4. The van der Waals surface area contributed by atoms with Crippen molar-refractivity contribution in [3.8, 4) is 0 Å². The number of Topliss-reactive ketones (excluding diaryl/α,β-unsaturated/α-hetero) is 1. The van der Waals surface area contributed by atoms with Crippen LogP contribution in [0.3, 0.4) is 0 Å². The average molecular weight is 366 g/mol. The van der Waals surface area contributed by atoms with Crippen molar-refractivity contribution in [3.63, 3.8) is 0 Å². The molecular formula is C16H13Cl2N3OS. The predicted molar refractivity (Wildman–Crippen MR) is 94.0 cm³/mol. The minimum absolute atomic E-state index is 0.0531. The summed E-state index contributed by atoms with van der Waals surface area (Å²) in [6, 6.07) is 7.42. The van der Waals surface area contributed by atoms with Crippen molar-refractivity contribution in [3.05, 3.63) is 57.2 Å². The molecule has 0 saturated heterocycles. The average Bonchev–Trinajstić information content (AvgIpc) is 2.88. The van der Waals surface area contributed by atoms with E-state index in [1.165, 1.54) is 11.8 Å². The number of nitrogens with zero attached hydrogens (tertiary/aromatic N) is 3. The van der Waals surface area contributed by atoms with Crippen LogP contribution >= 0.6 is 35.0 Å². The molecule has 0 saturated carbocycles. The highest BCUT2D eigenvalue weighted by molar-refractivity contribution is 7.99. The summed E-state index contributed by atoms with van der Waals surface area (Å²) in [5, 5.41) is 9.61. The molecule has 0 bridgehead atoms. The fourth-order valence-corrected chi connectivity index (χ4v) is 3.64. The quantitative estimate of drug-likeness (QED) is 0.499. The highest BCUT2D eigenvalue weighted by atomic mass is 35.5. The molecule has 0 aliphatic rings. The first-order valence-electron chi connectivity index (χ1n) is 6.89. The number of rotatable bonds is 4. The van der Waals surface area contributed by atoms with Gasteiger partial charge in [0.15, 0.2) is 16.6 Å². The summed E-state index contributed by atoms with van der Waals surface area (Å²) in [6.45, 7) is 3.95. The molecular weight excluding hydrogens is 353 g/mol. The molecule has 2 aromatic heterocycles. The third-order valence-electron chi connectivity index (χ3n) is 3.41. The first-order chi connectivity index (χ1) is 11.0. The van der Waals surface area contributed by atoms with Crippen LogP contribution in [-0.2, 0) is 0 Å². The maximum atomic E-state index is 12.4. The van der Waals surface area contributed by atoms with Crippen molar-refractivity contribution in [2.24, 2.45) is 0 Å². The van der Waals surface area contributed by atoms with Gasteiger partial charge in [-0.15, -0.1) is 10.2 Å². The monoisotopic (exact) mass is 365 g/mol. The SMILES string of the molecule is Cc1ccc(C(=O)CSc2nnc3c(Cl)cc(Cl)cn23)c(C)c1. The molecule has 1 aromatic carbocycles. The van der Waals surface area contributed by atoms with Crippen LogP contribution in [0.1, 0.15) is 21.5 Å². The van der Waals surface area contributed by atoms with Crippen LogP contribution in [0.4, 0.5) is 0 Å². The third kappa shape index (κ3) is 3.37. The Bertz CT molecular complexity index is 908. The molecule has 0 atom stereocenters. The van der Waals surface area contributed by atoms with E-state index in [0.29, 0.717) is 20.8 Å². The zero-order valence-corrected chi connectivity index (χ0v) is 14.8. The molecule has 0 N–H and O–H groups in total. The first-order valence-corrected chi connectivity index (χ1v) is 8.63. The second kappa shape index (κ2) is 6.51. The summed E-state index contributed by atoms with van der Waals surface area (Å²) < 4.78 is 1.70. The molecule has 2 heterocycles. The lowest BCUT2D eigenvalue weighted by Crippen LogP contribution is -2.05. The lowest BCUT2D eigenvalue weighted by Gasteiger charge is -2.05. The molecule has 0 fully saturated rings. The third-order valence-corrected chi connectivity index (χ3v) is 4.84. The van der Waals surface area contributed by atoms with Gasteiger partial charge in [-0.1, -0.05) is 58.7 Å². The fourth-order valence-electron chi connectivity index (χ4n) is 2.34. The van der Waals surface area contributed by atoms with E-state index in [2.05, 4.69) is 10.2 Å². The van der Waals surface area contributed by atoms with Gasteiger partial charge < -0.3 is 0 Å². The van der Waals surface area contributed by atoms with Crippen LogP contribution in [0.5, 0.6) is 0 Å². The number of hydrogen-bond acceptors (Lipinski definition) is 4. The number of carbonyl (C=O) groups excluding carboxylic acids is 1. The van der Waals surface area contributed by atoms with E-state index < -0.39 is 0 Å². The van der Waals surface area contributed by atoms with Crippen molar-refractivity contribution in [1.82, 2.24) is 14.6 Å². The molecule has 4 nitrogen and oxygen atoms in total. The molecule has 0 aliphatic carbocycles. The van der Waals surface area contributed by atoms with Gasteiger partial charge in [0.2, 0.25) is 0 Å². The number of carbonyl (C=O) groups is 1. The Kier molecular flexibility index (Phi) is 4.62. The molecule has 0 unspecified atom stereocenters. The molecule has 0 radical (unpaired) electrons. The topological polar surface area (TPSA) is 47.3 Å². The summed E-state index contributed by atoms with van der Waals surface area (Å²) in [5.74, 6) is 0.326. The van der Waals surface area contributed by atoms with Crippen molar-refractivity contribution in [1.29, 1.82) is 0 Å². The molecule has 0 aliphatic heterocycles. The van der Waals surface area contributed by atoms with Gasteiger partial charge in [-0.2, -0.15) is 0 Å². The maximum absolute atomic E-state index is 12.4. The Hall–Kier alpha value is -1.56. The van der Waals surface area contributed by atoms with Gasteiger partial charge >= 0.3 is 0 Å². The Morgan fingerprint density at radius 3 is 2.74 bits per heavy atom. The van der Waals surface area contributed by atoms with Gasteiger partial charge in [-0.3, -0.25) is 9.20 Å². The van der Waals surface area contributed by atoms with Gasteiger partial charge in [-0.25, -0.2) is 0 Å². The molecule has 0 amide bonds. The van der Waals surface area contributed by atoms with Crippen LogP contribution in [-0.4, -0.2) is 26.1 Å². The lowest BCUT2D eigenvalue weighted by molar-refractivity contribution is 0.102. The number of thioether (sulfide) groups is 1. The van der Waals surface area contributed by atoms with Crippen LogP contribution in [0, 0.1) is 13.8 Å². The van der Waals surface area contributed by atoms with E-state index >= 15 is 0 Å². The van der Waals surface area contributed by atoms with Gasteiger partial charge in [0.25, 0.3) is 0 Å². The standard InChI is InChI=1S/C16H13Cl2N3OS/c1-9-3-4-12(10(2)5-9)14(22)8-23-16-20-19-15-13(18)6-11(17)7-21(15)16/h3-7H,8H2,1-2H3. The highest BCUT2D eigenvalue weighted by Gasteiger charge is 2.14. The zero-order valence-electron chi connectivity index (χ0n) is 12.5. The number of benzene rings is 1. The normalized spacial score (nSPS) is 11.1. The van der Waals surface area contributed by atoms with Crippen LogP contribution in [0.2, 0.25) is 10.0 Å². The minimum Gasteiger partial charge on any atom is -0.293 e. The van der Waals surface area contributed by atoms with Gasteiger partial charge in [0.05, 0.1) is 15.8 Å². The molecule has 3 aromatic rings. The fraction of sp³-hybridized carbons (Fsp3) is 0.188. The van der Waals surface area contributed by atoms with Crippen LogP contribution in [0.15, 0.2) is 35.6 Å². The summed E-state index contributed by atoms with van der Waals surface area (Å²) in [4.78, 5) is 12.4. The first kappa shape index (κ1) is 16.3. The minimum atomic E-state index is 0.0531. The molecule has 0 spiro atoms. The number of aryl methyl sites for hydroxylation is 2. The number of ketones is 1. The van der Waals surface area contributed by atoms with E-state index in [1.807, 2.05) is 32.0 Å². The van der Waals surface area contributed by atoms with E-state index in [-0.39, 0.29) is 11.5 Å². The number of halogens is 2. The Morgan fingerprint density at radius 1 is 1.22 bits per heavy atom. The Labute approximate surface area is 147 Å². The van der Waals surface area contributed by atoms with E-state index in [4.69, 9.17) is 23.2 Å². The molecule has 118 valence electrons. The lowest BCUT2D eigenvalue weighted by atomic mass is 10.0. The smallest absolute Gasteiger partial charge is 0.196 e. The van der Waals surface area contributed by atoms with Crippen LogP contribution < -0.4 is 0 Å². The molecule has 7 heteroatoms. The number of hydrogen-bond donors (Lipinski definition) is 0. The van der Waals surface area contributed by atoms with E-state index in [0.717, 1.165) is 16.7 Å². The molecule has 3 rings (SSSR count). The van der Waals surface area contributed by atoms with Crippen molar-refractivity contribution >= 4 is 46.4 Å². The second-order valence-electron chi connectivity index (χ2n) is 5.21. The van der Waals surface area contributed by atoms with E-state index in [9.17, 15) is 4.79 Å². The number of fused-ring (bicyclic) bond motifs is 1. The zero-order chi connectivity index (χ0) is 16.6. The number of pyridine rings is 1. The highest BCUT2D eigenvalue weighted by Crippen LogP contribution is 2.26. The summed E-state index contributed by atoms with van der Waals surface area (Å²) in [6.07, 6.45) is 1.69. The number of aromatic nitrogens is 3. The van der Waals surface area contributed by atoms with Gasteiger partial charge in [0.1, 0.15) is 0 Å². The summed E-state index contributed by atoms with van der Waals surface area (Å²) in [7, 11) is 0. The Morgan fingerprint density at radius 2 is 2.00 bits per heavy atom. The summed E-state index contributed by atoms with van der Waals surface area (Å²) in [5.41, 5.74) is 3.37. The van der Waals surface area contributed by atoms with Crippen molar-refractivity contribution in [2.75, 3.05) is 5.75 Å². The second-order valence-corrected chi connectivity index (χ2v) is 7.00. The molecule has 23 heavy (non-hydrogen) atoms. The van der Waals surface area contributed by atoms with Gasteiger partial charge in [0, 0.05) is 11.8 Å². The van der Waals surface area contributed by atoms with Gasteiger partial charge in [-0.05, 0) is 25.5 Å². The van der Waals surface area contributed by atoms with Crippen molar-refractivity contribution in [2.45, 2.75) is 19.0 Å². The largest absolute Gasteiger partial charge is 0.293 e. The van der Waals surface area contributed by atoms with E-state index in [1.54, 1.807) is 16.7 Å².